The van der Waals surface area contributed by atoms with Crippen molar-refractivity contribution in [3.63, 3.8) is 0 Å². The zero-order chi connectivity index (χ0) is 15.6. The predicted octanol–water partition coefficient (Wildman–Crippen LogP) is 2.67. The first kappa shape index (κ1) is 16.5. The van der Waals surface area contributed by atoms with E-state index in [1.54, 1.807) is 6.92 Å². The van der Waals surface area contributed by atoms with Crippen LogP contribution in [0.15, 0.2) is 23.1 Å². The molecule has 0 aliphatic carbocycles. The van der Waals surface area contributed by atoms with E-state index in [0.29, 0.717) is 12.0 Å². The maximum absolute atomic E-state index is 12.1. The van der Waals surface area contributed by atoms with Gasteiger partial charge in [-0.25, -0.2) is 13.2 Å². The monoisotopic (exact) mass is 310 g/mol. The molecule has 20 heavy (non-hydrogen) atoms. The number of aromatic carboxylic acids is 1. The Balaban J connectivity index is 3.13. The predicted molar refractivity (Wildman–Crippen MR) is 65.5 cm³/mol. The molecule has 0 unspecified atom stereocenters. The number of sulfone groups is 1. The van der Waals surface area contributed by atoms with Crippen molar-refractivity contribution in [2.45, 2.75) is 30.8 Å². The van der Waals surface area contributed by atoms with Crippen molar-refractivity contribution in [2.24, 2.45) is 0 Å². The lowest BCUT2D eigenvalue weighted by Crippen LogP contribution is -2.17. The van der Waals surface area contributed by atoms with E-state index in [9.17, 15) is 26.4 Å². The molecule has 0 saturated carbocycles. The molecule has 0 aliphatic heterocycles. The summed E-state index contributed by atoms with van der Waals surface area (Å²) in [6.45, 7) is 1.69. The van der Waals surface area contributed by atoms with Gasteiger partial charge in [0.1, 0.15) is 0 Å². The first-order valence-corrected chi connectivity index (χ1v) is 7.38. The average Bonchev–Trinajstić information content (AvgIpc) is 2.35. The maximum Gasteiger partial charge on any atom is 0.390 e. The number of carboxylic acids is 1. The summed E-state index contributed by atoms with van der Waals surface area (Å²) in [6, 6.07) is 3.35. The van der Waals surface area contributed by atoms with E-state index < -0.39 is 39.1 Å². The van der Waals surface area contributed by atoms with E-state index in [0.717, 1.165) is 12.1 Å². The minimum Gasteiger partial charge on any atom is -0.478 e. The summed E-state index contributed by atoms with van der Waals surface area (Å²) in [7, 11) is -4.16. The highest BCUT2D eigenvalue weighted by Crippen LogP contribution is 2.24. The van der Waals surface area contributed by atoms with E-state index >= 15 is 0 Å². The third kappa shape index (κ3) is 4.22. The Morgan fingerprint density at radius 1 is 1.30 bits per heavy atom. The zero-order valence-electron chi connectivity index (χ0n) is 10.6. The number of aryl methyl sites for hydroxylation is 1. The summed E-state index contributed by atoms with van der Waals surface area (Å²) >= 11 is 0. The molecule has 0 bridgehead atoms. The minimum absolute atomic E-state index is 0.208. The Kier molecular flexibility index (Phi) is 4.80. The molecule has 0 amide bonds. The first-order chi connectivity index (χ1) is 9.07. The Hall–Kier alpha value is -1.57. The second-order valence-corrected chi connectivity index (χ2v) is 6.27. The molecule has 0 aliphatic rings. The van der Waals surface area contributed by atoms with Gasteiger partial charge >= 0.3 is 12.1 Å². The minimum atomic E-state index is -4.58. The molecule has 112 valence electrons. The van der Waals surface area contributed by atoms with E-state index in [1.165, 1.54) is 6.07 Å². The second kappa shape index (κ2) is 5.82. The number of alkyl halides is 3. The highest BCUT2D eigenvalue weighted by Gasteiger charge is 2.30. The quantitative estimate of drug-likeness (QED) is 0.907. The van der Waals surface area contributed by atoms with Crippen LogP contribution in [0.1, 0.15) is 29.3 Å². The fourth-order valence-corrected chi connectivity index (χ4v) is 2.93. The van der Waals surface area contributed by atoms with Crippen LogP contribution in [0, 0.1) is 0 Å². The van der Waals surface area contributed by atoms with Gasteiger partial charge in [0.05, 0.1) is 22.6 Å². The largest absolute Gasteiger partial charge is 0.478 e. The molecule has 1 rings (SSSR count). The zero-order valence-corrected chi connectivity index (χ0v) is 11.4. The van der Waals surface area contributed by atoms with Gasteiger partial charge in [0.25, 0.3) is 0 Å². The fourth-order valence-electron chi connectivity index (χ4n) is 1.62. The Morgan fingerprint density at radius 2 is 1.90 bits per heavy atom. The number of hydrogen-bond donors (Lipinski definition) is 1. The van der Waals surface area contributed by atoms with Gasteiger partial charge in [0, 0.05) is 0 Å². The third-order valence-corrected chi connectivity index (χ3v) is 4.42. The topological polar surface area (TPSA) is 71.4 Å². The highest BCUT2D eigenvalue weighted by molar-refractivity contribution is 7.91. The molecule has 0 fully saturated rings. The molecule has 1 aromatic carbocycles. The molecule has 0 radical (unpaired) electrons. The summed E-state index contributed by atoms with van der Waals surface area (Å²) in [6.07, 6.45) is -5.66. The molecular formula is C12H13F3O4S. The molecular weight excluding hydrogens is 297 g/mol. The van der Waals surface area contributed by atoms with Gasteiger partial charge < -0.3 is 5.11 Å². The van der Waals surface area contributed by atoms with E-state index in [2.05, 4.69) is 0 Å². The lowest BCUT2D eigenvalue weighted by Gasteiger charge is -2.10. The Labute approximate surface area is 114 Å². The lowest BCUT2D eigenvalue weighted by atomic mass is 10.1. The second-order valence-electron chi connectivity index (χ2n) is 4.16. The normalized spacial score (nSPS) is 12.4. The van der Waals surface area contributed by atoms with Crippen LogP contribution in [0.3, 0.4) is 0 Å². The van der Waals surface area contributed by atoms with Gasteiger partial charge in [-0.1, -0.05) is 13.0 Å². The van der Waals surface area contributed by atoms with Crippen LogP contribution in [0.4, 0.5) is 13.2 Å². The van der Waals surface area contributed by atoms with Crippen molar-refractivity contribution in [1.82, 2.24) is 0 Å². The number of carbonyl (C=O) groups is 1. The van der Waals surface area contributed by atoms with Crippen LogP contribution in [0.25, 0.3) is 0 Å². The van der Waals surface area contributed by atoms with Crippen LogP contribution in [-0.4, -0.2) is 31.4 Å². The van der Waals surface area contributed by atoms with Crippen LogP contribution >= 0.6 is 0 Å². The number of halogens is 3. The Bertz CT molecular complexity index is 606. The molecule has 0 spiro atoms. The fraction of sp³-hybridized carbons (Fsp3) is 0.417. The summed E-state index contributed by atoms with van der Waals surface area (Å²) < 4.78 is 59.7. The smallest absolute Gasteiger partial charge is 0.390 e. The number of rotatable bonds is 5. The summed E-state index contributed by atoms with van der Waals surface area (Å²) in [4.78, 5) is 10.6. The molecule has 1 N–H and O–H groups in total. The van der Waals surface area contributed by atoms with Crippen molar-refractivity contribution < 1.29 is 31.5 Å². The van der Waals surface area contributed by atoms with Crippen LogP contribution < -0.4 is 0 Å². The molecule has 8 heteroatoms. The SMILES string of the molecule is CCc1ccc(S(=O)(=O)CCC(F)(F)F)cc1C(=O)O. The van der Waals surface area contributed by atoms with Gasteiger partial charge in [-0.3, -0.25) is 0 Å². The van der Waals surface area contributed by atoms with E-state index in [4.69, 9.17) is 5.11 Å². The number of carboxylic acid groups (broad SMARTS) is 1. The van der Waals surface area contributed by atoms with Crippen LogP contribution in [-0.2, 0) is 16.3 Å². The molecule has 0 heterocycles. The molecule has 0 saturated heterocycles. The average molecular weight is 310 g/mol. The molecule has 1 aromatic rings. The van der Waals surface area contributed by atoms with Crippen LogP contribution in [0.2, 0.25) is 0 Å². The van der Waals surface area contributed by atoms with Gasteiger partial charge in [-0.15, -0.1) is 0 Å². The molecule has 0 aromatic heterocycles. The van der Waals surface area contributed by atoms with Crippen molar-refractivity contribution >= 4 is 15.8 Å². The van der Waals surface area contributed by atoms with Crippen LogP contribution in [0.5, 0.6) is 0 Å². The van der Waals surface area contributed by atoms with Gasteiger partial charge in [-0.2, -0.15) is 13.2 Å². The summed E-state index contributed by atoms with van der Waals surface area (Å²) in [5.74, 6) is -2.41. The van der Waals surface area contributed by atoms with Gasteiger partial charge in [0.2, 0.25) is 0 Å². The van der Waals surface area contributed by atoms with Gasteiger partial charge in [0.15, 0.2) is 9.84 Å². The molecule has 0 atom stereocenters. The van der Waals surface area contributed by atoms with Crippen molar-refractivity contribution in [1.29, 1.82) is 0 Å². The summed E-state index contributed by atoms with van der Waals surface area (Å²) in [5.41, 5.74) is 0.216. The standard InChI is InChI=1S/C12H13F3O4S/c1-2-8-3-4-9(7-10(8)11(16)17)20(18,19)6-5-12(13,14)15/h3-4,7H,2,5-6H2,1H3,(H,16,17). The third-order valence-electron chi connectivity index (χ3n) is 2.71. The Morgan fingerprint density at radius 3 is 2.35 bits per heavy atom. The van der Waals surface area contributed by atoms with Crippen molar-refractivity contribution in [2.75, 3.05) is 5.75 Å². The maximum atomic E-state index is 12.1. The first-order valence-electron chi connectivity index (χ1n) is 5.72. The van der Waals surface area contributed by atoms with Crippen molar-refractivity contribution in [3.05, 3.63) is 29.3 Å². The number of hydrogen-bond acceptors (Lipinski definition) is 3. The number of benzene rings is 1. The molecule has 4 nitrogen and oxygen atoms in total. The van der Waals surface area contributed by atoms with Crippen molar-refractivity contribution in [3.8, 4) is 0 Å². The highest BCUT2D eigenvalue weighted by atomic mass is 32.2. The van der Waals surface area contributed by atoms with Gasteiger partial charge in [-0.05, 0) is 24.1 Å². The van der Waals surface area contributed by atoms with E-state index in [-0.39, 0.29) is 5.56 Å². The summed E-state index contributed by atoms with van der Waals surface area (Å²) in [5, 5.41) is 8.97. The van der Waals surface area contributed by atoms with E-state index in [1.807, 2.05) is 0 Å². The lowest BCUT2D eigenvalue weighted by molar-refractivity contribution is -0.129.